The van der Waals surface area contributed by atoms with Gasteiger partial charge in [0.1, 0.15) is 24.0 Å². The normalized spacial score (nSPS) is 13.6. The van der Waals surface area contributed by atoms with Gasteiger partial charge in [0, 0.05) is 56.3 Å². The smallest absolute Gasteiger partial charge is 0.137 e. The molecule has 87 heavy (non-hydrogen) atoms. The molecule has 0 spiro atoms. The number of para-hydroxylation sites is 4. The zero-order valence-corrected chi connectivity index (χ0v) is 53.4. The van der Waals surface area contributed by atoms with E-state index in [2.05, 4.69) is 321 Å². The van der Waals surface area contributed by atoms with Gasteiger partial charge in [0.15, 0.2) is 0 Å². The molecule has 436 valence electrons. The molecule has 9 aromatic carbocycles. The quantitative estimate of drug-likeness (QED) is 0.160. The Morgan fingerprint density at radius 2 is 0.724 bits per heavy atom. The third-order valence-electron chi connectivity index (χ3n) is 18.3. The van der Waals surface area contributed by atoms with Crippen LogP contribution in [0.5, 0.6) is 11.5 Å². The summed E-state index contributed by atoms with van der Waals surface area (Å²) in [6.45, 7) is 35.1. The van der Waals surface area contributed by atoms with Crippen molar-refractivity contribution < 1.29 is 4.74 Å². The average Bonchev–Trinajstić information content (AvgIpc) is 1.64. The topological polar surface area (TPSA) is 43.4 Å². The Kier molecular flexibility index (Phi) is 12.7. The van der Waals surface area contributed by atoms with Crippen molar-refractivity contribution in [2.45, 2.75) is 131 Å². The van der Waals surface area contributed by atoms with E-state index in [0.717, 1.165) is 67.9 Å². The van der Waals surface area contributed by atoms with E-state index in [1.54, 1.807) is 0 Å². The molecule has 1 aliphatic heterocycles. The van der Waals surface area contributed by atoms with Gasteiger partial charge in [-0.2, -0.15) is 0 Å². The predicted molar refractivity (Wildman–Crippen MR) is 369 cm³/mol. The van der Waals surface area contributed by atoms with Crippen LogP contribution >= 0.6 is 0 Å². The van der Waals surface area contributed by atoms with Crippen LogP contribution in [0.4, 0.5) is 22.7 Å². The number of benzene rings is 9. The van der Waals surface area contributed by atoms with Crippen LogP contribution in [0.1, 0.15) is 132 Å². The highest BCUT2D eigenvalue weighted by Crippen LogP contribution is 2.51. The summed E-state index contributed by atoms with van der Waals surface area (Å²) >= 11 is 0. The number of anilines is 4. The maximum atomic E-state index is 6.99. The highest BCUT2D eigenvalue weighted by Gasteiger charge is 2.34. The maximum Gasteiger partial charge on any atom is 0.137 e. The molecule has 0 saturated heterocycles. The molecular weight excluding hydrogens is 1060 g/mol. The van der Waals surface area contributed by atoms with Crippen LogP contribution in [0.15, 0.2) is 200 Å². The number of hydrogen-bond donors (Lipinski definition) is 0. The van der Waals surface area contributed by atoms with Gasteiger partial charge in [0.05, 0.1) is 61.5 Å². The fourth-order valence-electron chi connectivity index (χ4n) is 13.3. The first-order chi connectivity index (χ1) is 41.3. The predicted octanol–water partition coefficient (Wildman–Crippen LogP) is 21.9. The number of fused-ring (bicyclic) bond motifs is 10. The van der Waals surface area contributed by atoms with Crippen molar-refractivity contribution >= 4 is 88.2 Å². The van der Waals surface area contributed by atoms with Crippen molar-refractivity contribution in [2.75, 3.05) is 16.5 Å². The van der Waals surface area contributed by atoms with E-state index in [1.807, 2.05) is 6.20 Å². The number of rotatable bonds is 7. The second-order valence-electron chi connectivity index (χ2n) is 29.5. The average molecular weight is 1140 g/mol. The Morgan fingerprint density at radius 1 is 0.310 bits per heavy atom. The van der Waals surface area contributed by atoms with E-state index in [4.69, 9.17) is 9.72 Å². The van der Waals surface area contributed by atoms with Crippen LogP contribution in [0.2, 0.25) is 0 Å². The summed E-state index contributed by atoms with van der Waals surface area (Å²) < 4.78 is 14.4. The standard InChI is InChI=1S/C80H80N6O/c1-76(2,3)50-30-36-65-60(42-50)61-43-51(77(4,5)6)31-37-66(61)84(65)71-28-21-29-72(85-67-38-32-52(78(7,8)9)44-62(67)63-45-53(79(10,11)12)33-39-68(63)85)75(71)83-49-82(69-26-18-19-27-70(69)83)55-22-20-23-56(47-55)87-57-34-35-59-58-24-16-17-25-64(58)86(73(59)48-57)74-46-54(40-41-81-74)80(13,14)15/h16-48H,49H2,1-15H3. The lowest BCUT2D eigenvalue weighted by molar-refractivity contribution is 0.483. The summed E-state index contributed by atoms with van der Waals surface area (Å²) in [4.78, 5) is 9.98. The fourth-order valence-corrected chi connectivity index (χ4v) is 13.3. The lowest BCUT2D eigenvalue weighted by Crippen LogP contribution is -2.26. The molecule has 0 saturated carbocycles. The minimum atomic E-state index is -0.0393. The summed E-state index contributed by atoms with van der Waals surface area (Å²) in [6, 6.07) is 72.7. The molecule has 0 N–H and O–H groups in total. The third kappa shape index (κ3) is 9.44. The van der Waals surface area contributed by atoms with E-state index in [0.29, 0.717) is 6.67 Å². The molecule has 0 unspecified atom stereocenters. The minimum absolute atomic E-state index is 0.0337. The van der Waals surface area contributed by atoms with Gasteiger partial charge in [-0.1, -0.05) is 171 Å². The third-order valence-corrected chi connectivity index (χ3v) is 18.3. The van der Waals surface area contributed by atoms with E-state index in [1.165, 1.54) is 76.8 Å². The van der Waals surface area contributed by atoms with Crippen molar-refractivity contribution in [1.29, 1.82) is 0 Å². The van der Waals surface area contributed by atoms with Crippen molar-refractivity contribution in [1.82, 2.24) is 18.7 Å². The summed E-state index contributed by atoms with van der Waals surface area (Å²) in [5.74, 6) is 2.40. The molecule has 13 aromatic rings. The van der Waals surface area contributed by atoms with Crippen LogP contribution in [0.25, 0.3) is 82.6 Å². The Morgan fingerprint density at radius 3 is 1.23 bits per heavy atom. The summed E-state index contributed by atoms with van der Waals surface area (Å²) in [7, 11) is 0. The van der Waals surface area contributed by atoms with E-state index in [-0.39, 0.29) is 27.1 Å². The first kappa shape index (κ1) is 55.8. The first-order valence-corrected chi connectivity index (χ1v) is 31.0. The SMILES string of the molecule is CC(C)(C)c1ccnc(-n2c3ccccc3c3ccc(Oc4cccc(N5CN(c6c(-n7c8ccc(C(C)(C)C)cc8c8cc(C(C)(C)C)ccc87)cccc6-n6c7ccc(C(C)(C)C)cc7c7cc(C(C)(C)C)ccc76)c6ccccc65)c4)cc32)c1. The molecule has 0 fully saturated rings. The molecule has 7 nitrogen and oxygen atoms in total. The van der Waals surface area contributed by atoms with E-state index < -0.39 is 0 Å². The number of nitrogens with zero attached hydrogens (tertiary/aromatic N) is 6. The van der Waals surface area contributed by atoms with Gasteiger partial charge in [0.25, 0.3) is 0 Å². The number of hydrogen-bond acceptors (Lipinski definition) is 4. The summed E-state index contributed by atoms with van der Waals surface area (Å²) in [5, 5.41) is 7.36. The summed E-state index contributed by atoms with van der Waals surface area (Å²) in [6.07, 6.45) is 1.93. The molecular formula is C80H80N6O. The number of pyridine rings is 1. The molecule has 0 radical (unpaired) electrons. The van der Waals surface area contributed by atoms with Crippen molar-refractivity contribution in [3.05, 3.63) is 228 Å². The molecule has 7 heteroatoms. The minimum Gasteiger partial charge on any atom is -0.457 e. The Balaban J connectivity index is 0.963. The highest BCUT2D eigenvalue weighted by molar-refractivity contribution is 6.13. The Bertz CT molecular complexity index is 4600. The molecule has 1 aliphatic rings. The monoisotopic (exact) mass is 1140 g/mol. The number of aromatic nitrogens is 4. The maximum absolute atomic E-state index is 6.99. The van der Waals surface area contributed by atoms with Crippen LogP contribution < -0.4 is 14.5 Å². The van der Waals surface area contributed by atoms with Crippen molar-refractivity contribution in [3.8, 4) is 28.7 Å². The van der Waals surface area contributed by atoms with Crippen molar-refractivity contribution in [3.63, 3.8) is 0 Å². The van der Waals surface area contributed by atoms with Crippen LogP contribution in [-0.2, 0) is 27.1 Å². The highest BCUT2D eigenvalue weighted by atomic mass is 16.5. The fraction of sp³-hybridized carbons (Fsp3) is 0.263. The molecule has 0 aliphatic carbocycles. The second-order valence-corrected chi connectivity index (χ2v) is 29.5. The molecule has 0 atom stereocenters. The van der Waals surface area contributed by atoms with Crippen molar-refractivity contribution in [2.24, 2.45) is 0 Å². The molecule has 0 amide bonds. The number of ether oxygens (including phenoxy) is 1. The largest absolute Gasteiger partial charge is 0.457 e. The molecule has 4 aromatic heterocycles. The van der Waals surface area contributed by atoms with Gasteiger partial charge in [0.2, 0.25) is 0 Å². The zero-order chi connectivity index (χ0) is 60.9. The van der Waals surface area contributed by atoms with Crippen LogP contribution in [0, 0.1) is 0 Å². The lowest BCUT2D eigenvalue weighted by Gasteiger charge is -2.28. The second kappa shape index (κ2) is 19.7. The van der Waals surface area contributed by atoms with Gasteiger partial charge in [-0.15, -0.1) is 0 Å². The van der Waals surface area contributed by atoms with Gasteiger partial charge in [-0.25, -0.2) is 4.98 Å². The first-order valence-electron chi connectivity index (χ1n) is 31.0. The van der Waals surface area contributed by atoms with Gasteiger partial charge in [-0.3, -0.25) is 4.57 Å². The van der Waals surface area contributed by atoms with Crippen LogP contribution in [0.3, 0.4) is 0 Å². The zero-order valence-electron chi connectivity index (χ0n) is 53.4. The molecule has 0 bridgehead atoms. The lowest BCUT2D eigenvalue weighted by atomic mass is 9.85. The van der Waals surface area contributed by atoms with Gasteiger partial charge < -0.3 is 23.7 Å². The molecule has 5 heterocycles. The van der Waals surface area contributed by atoms with Crippen LogP contribution in [-0.4, -0.2) is 25.4 Å². The van der Waals surface area contributed by atoms with Gasteiger partial charge >= 0.3 is 0 Å². The van der Waals surface area contributed by atoms with Gasteiger partial charge in [-0.05, 0) is 170 Å². The molecule has 14 rings (SSSR count). The van der Waals surface area contributed by atoms with E-state index >= 15 is 0 Å². The summed E-state index contributed by atoms with van der Waals surface area (Å²) in [5.41, 5.74) is 19.8. The Hall–Kier alpha value is -9.07. The van der Waals surface area contributed by atoms with E-state index in [9.17, 15) is 0 Å². The Labute approximate surface area is 513 Å².